The maximum atomic E-state index is 10.8. The summed E-state index contributed by atoms with van der Waals surface area (Å²) in [5, 5.41) is 0. The van der Waals surface area contributed by atoms with Crippen molar-refractivity contribution in [2.24, 2.45) is 5.73 Å². The van der Waals surface area contributed by atoms with Crippen molar-refractivity contribution in [2.75, 3.05) is 38.9 Å². The lowest BCUT2D eigenvalue weighted by Crippen LogP contribution is -2.27. The van der Waals surface area contributed by atoms with Gasteiger partial charge in [-0.1, -0.05) is 0 Å². The molecule has 0 aliphatic heterocycles. The highest BCUT2D eigenvalue weighted by Crippen LogP contribution is 1.98. The Kier molecular flexibility index (Phi) is 7.95. The summed E-state index contributed by atoms with van der Waals surface area (Å²) in [4.78, 5) is 0. The maximum absolute atomic E-state index is 10.8. The minimum atomic E-state index is -2.87. The molecule has 0 rings (SSSR count). The van der Waals surface area contributed by atoms with E-state index in [2.05, 4.69) is 0 Å². The molecule has 0 fully saturated rings. The highest BCUT2D eigenvalue weighted by molar-refractivity contribution is 7.90. The second kappa shape index (κ2) is 8.04. The van der Waals surface area contributed by atoms with Crippen molar-refractivity contribution in [3.8, 4) is 0 Å². The Morgan fingerprint density at radius 1 is 1.33 bits per heavy atom. The van der Waals surface area contributed by atoms with Crippen LogP contribution in [0.5, 0.6) is 0 Å². The minimum absolute atomic E-state index is 0.0939. The van der Waals surface area contributed by atoms with Gasteiger partial charge >= 0.3 is 0 Å². The van der Waals surface area contributed by atoms with Gasteiger partial charge in [0.15, 0.2) is 0 Å². The van der Waals surface area contributed by atoms with Gasteiger partial charge in [0, 0.05) is 25.2 Å². The number of nitrogens with two attached hydrogens (primary N) is 1. The van der Waals surface area contributed by atoms with Crippen LogP contribution in [-0.2, 0) is 19.3 Å². The highest BCUT2D eigenvalue weighted by Gasteiger charge is 2.06. The third-order valence-corrected chi connectivity index (χ3v) is 2.88. The standard InChI is InChI=1S/C9H21NO4S/c1-13-5-6-14-8-9(10)4-3-7-15(2,11)12/h9H,3-8,10H2,1-2H3. The third kappa shape index (κ3) is 11.8. The second-order valence-electron chi connectivity index (χ2n) is 3.60. The summed E-state index contributed by atoms with van der Waals surface area (Å²) in [6.45, 7) is 1.53. The molecule has 0 bridgehead atoms. The Balaban J connectivity index is 3.37. The van der Waals surface area contributed by atoms with Crippen LogP contribution in [0.2, 0.25) is 0 Å². The van der Waals surface area contributed by atoms with Crippen LogP contribution >= 0.6 is 0 Å². The average molecular weight is 239 g/mol. The molecule has 2 N–H and O–H groups in total. The van der Waals surface area contributed by atoms with Crippen molar-refractivity contribution in [1.29, 1.82) is 0 Å². The van der Waals surface area contributed by atoms with Crippen molar-refractivity contribution in [3.63, 3.8) is 0 Å². The summed E-state index contributed by atoms with van der Waals surface area (Å²) in [6, 6.07) is -0.0939. The fourth-order valence-electron chi connectivity index (χ4n) is 1.07. The zero-order valence-corrected chi connectivity index (χ0v) is 10.3. The molecular formula is C9H21NO4S. The Bertz CT molecular complexity index is 240. The number of hydrogen-bond donors (Lipinski definition) is 1. The molecule has 0 aliphatic carbocycles. The van der Waals surface area contributed by atoms with E-state index in [9.17, 15) is 8.42 Å². The van der Waals surface area contributed by atoms with Gasteiger partial charge < -0.3 is 15.2 Å². The van der Waals surface area contributed by atoms with E-state index < -0.39 is 9.84 Å². The minimum Gasteiger partial charge on any atom is -0.382 e. The molecule has 0 aromatic rings. The summed E-state index contributed by atoms with van der Waals surface area (Å²) in [5.41, 5.74) is 5.72. The number of hydrogen-bond acceptors (Lipinski definition) is 5. The first-order valence-corrected chi connectivity index (χ1v) is 7.01. The predicted octanol–water partition coefficient (Wildman–Crippen LogP) is -0.198. The molecule has 0 amide bonds. The molecule has 0 aliphatic rings. The van der Waals surface area contributed by atoms with Gasteiger partial charge in [0.05, 0.1) is 19.8 Å². The SMILES string of the molecule is COCCOCC(N)CCCS(C)(=O)=O. The lowest BCUT2D eigenvalue weighted by Gasteiger charge is -2.11. The van der Waals surface area contributed by atoms with Crippen molar-refractivity contribution < 1.29 is 17.9 Å². The van der Waals surface area contributed by atoms with E-state index in [1.54, 1.807) is 7.11 Å². The molecule has 0 radical (unpaired) electrons. The van der Waals surface area contributed by atoms with Crippen LogP contribution in [0.3, 0.4) is 0 Å². The zero-order chi connectivity index (χ0) is 11.7. The van der Waals surface area contributed by atoms with E-state index in [0.29, 0.717) is 32.7 Å². The summed E-state index contributed by atoms with van der Waals surface area (Å²) >= 11 is 0. The van der Waals surface area contributed by atoms with Gasteiger partial charge in [0.1, 0.15) is 9.84 Å². The number of rotatable bonds is 9. The van der Waals surface area contributed by atoms with E-state index in [1.165, 1.54) is 6.26 Å². The fourth-order valence-corrected chi connectivity index (χ4v) is 1.76. The third-order valence-electron chi connectivity index (χ3n) is 1.85. The quantitative estimate of drug-likeness (QED) is 0.564. The first-order chi connectivity index (χ1) is 6.95. The van der Waals surface area contributed by atoms with Crippen LogP contribution in [0.1, 0.15) is 12.8 Å². The average Bonchev–Trinajstić information content (AvgIpc) is 2.10. The van der Waals surface area contributed by atoms with E-state index >= 15 is 0 Å². The predicted molar refractivity (Wildman–Crippen MR) is 59.6 cm³/mol. The monoisotopic (exact) mass is 239 g/mol. The fraction of sp³-hybridized carbons (Fsp3) is 1.00. The molecule has 0 heterocycles. The van der Waals surface area contributed by atoms with Gasteiger partial charge in [-0.2, -0.15) is 0 Å². The summed E-state index contributed by atoms with van der Waals surface area (Å²) in [6.07, 6.45) is 2.49. The van der Waals surface area contributed by atoms with E-state index in [4.69, 9.17) is 15.2 Å². The molecule has 0 spiro atoms. The van der Waals surface area contributed by atoms with Crippen molar-refractivity contribution in [2.45, 2.75) is 18.9 Å². The molecule has 0 aromatic carbocycles. The van der Waals surface area contributed by atoms with Crippen molar-refractivity contribution >= 4 is 9.84 Å². The van der Waals surface area contributed by atoms with E-state index in [1.807, 2.05) is 0 Å². The molecule has 15 heavy (non-hydrogen) atoms. The molecule has 0 aromatic heterocycles. The highest BCUT2D eigenvalue weighted by atomic mass is 32.2. The molecule has 5 nitrogen and oxygen atoms in total. The van der Waals surface area contributed by atoms with E-state index in [-0.39, 0.29) is 11.8 Å². The molecule has 92 valence electrons. The van der Waals surface area contributed by atoms with Crippen LogP contribution in [0, 0.1) is 0 Å². The number of sulfone groups is 1. The van der Waals surface area contributed by atoms with Crippen molar-refractivity contribution in [3.05, 3.63) is 0 Å². The van der Waals surface area contributed by atoms with E-state index in [0.717, 1.165) is 0 Å². The summed E-state index contributed by atoms with van der Waals surface area (Å²) in [7, 11) is -1.26. The molecule has 6 heteroatoms. The van der Waals surface area contributed by atoms with Gasteiger partial charge in [-0.05, 0) is 12.8 Å². The van der Waals surface area contributed by atoms with Gasteiger partial charge in [-0.15, -0.1) is 0 Å². The lowest BCUT2D eigenvalue weighted by atomic mass is 10.2. The van der Waals surface area contributed by atoms with Gasteiger partial charge in [-0.3, -0.25) is 0 Å². The van der Waals surface area contributed by atoms with Crippen molar-refractivity contribution in [1.82, 2.24) is 0 Å². The normalized spacial score (nSPS) is 14.1. The Hall–Kier alpha value is -0.170. The molecular weight excluding hydrogens is 218 g/mol. The summed E-state index contributed by atoms with van der Waals surface area (Å²) in [5.74, 6) is 0.193. The Morgan fingerprint density at radius 2 is 2.00 bits per heavy atom. The Labute approximate surface area is 91.9 Å². The molecule has 1 atom stereocenters. The smallest absolute Gasteiger partial charge is 0.147 e. The van der Waals surface area contributed by atoms with Crippen LogP contribution in [0.4, 0.5) is 0 Å². The zero-order valence-electron chi connectivity index (χ0n) is 9.44. The van der Waals surface area contributed by atoms with Gasteiger partial charge in [-0.25, -0.2) is 8.42 Å². The first-order valence-electron chi connectivity index (χ1n) is 4.95. The second-order valence-corrected chi connectivity index (χ2v) is 5.86. The topological polar surface area (TPSA) is 78.6 Å². The largest absolute Gasteiger partial charge is 0.382 e. The summed E-state index contributed by atoms with van der Waals surface area (Å²) < 4.78 is 31.7. The maximum Gasteiger partial charge on any atom is 0.147 e. The molecule has 1 unspecified atom stereocenters. The number of methoxy groups -OCH3 is 1. The van der Waals surface area contributed by atoms with Gasteiger partial charge in [0.25, 0.3) is 0 Å². The molecule has 0 saturated heterocycles. The van der Waals surface area contributed by atoms with Crippen LogP contribution in [0.15, 0.2) is 0 Å². The first kappa shape index (κ1) is 14.8. The van der Waals surface area contributed by atoms with Crippen LogP contribution in [-0.4, -0.2) is 53.4 Å². The van der Waals surface area contributed by atoms with Crippen LogP contribution < -0.4 is 5.73 Å². The Morgan fingerprint density at radius 3 is 2.53 bits per heavy atom. The van der Waals surface area contributed by atoms with Crippen LogP contribution in [0.25, 0.3) is 0 Å². The number of ether oxygens (including phenoxy) is 2. The molecule has 0 saturated carbocycles. The lowest BCUT2D eigenvalue weighted by molar-refractivity contribution is 0.0626. The van der Waals surface area contributed by atoms with Gasteiger partial charge in [0.2, 0.25) is 0 Å².